The monoisotopic (exact) mass is 245 g/mol. The molecule has 0 bridgehead atoms. The SMILES string of the molecule is COc1nc2cc(C)ccc2cc1C1OCCO1. The highest BCUT2D eigenvalue weighted by atomic mass is 16.7. The van der Waals surface area contributed by atoms with Crippen molar-refractivity contribution in [1.82, 2.24) is 4.98 Å². The quantitative estimate of drug-likeness (QED) is 0.815. The Kier molecular flexibility index (Phi) is 2.89. The first-order chi connectivity index (χ1) is 8.78. The van der Waals surface area contributed by atoms with Crippen molar-refractivity contribution in [2.24, 2.45) is 0 Å². The van der Waals surface area contributed by atoms with Crippen LogP contribution < -0.4 is 4.74 Å². The third-order valence-corrected chi connectivity index (χ3v) is 3.03. The predicted molar refractivity (Wildman–Crippen MR) is 67.7 cm³/mol. The average molecular weight is 245 g/mol. The maximum absolute atomic E-state index is 5.51. The summed E-state index contributed by atoms with van der Waals surface area (Å²) < 4.78 is 16.4. The second-order valence-corrected chi connectivity index (χ2v) is 4.36. The van der Waals surface area contributed by atoms with Crippen LogP contribution in [0.3, 0.4) is 0 Å². The van der Waals surface area contributed by atoms with Gasteiger partial charge in [-0.25, -0.2) is 4.98 Å². The fourth-order valence-corrected chi connectivity index (χ4v) is 2.15. The fourth-order valence-electron chi connectivity index (χ4n) is 2.15. The Morgan fingerprint density at radius 3 is 2.72 bits per heavy atom. The lowest BCUT2D eigenvalue weighted by atomic mass is 10.1. The average Bonchev–Trinajstić information content (AvgIpc) is 2.90. The van der Waals surface area contributed by atoms with Gasteiger partial charge < -0.3 is 14.2 Å². The van der Waals surface area contributed by atoms with Crippen molar-refractivity contribution in [3.63, 3.8) is 0 Å². The van der Waals surface area contributed by atoms with Gasteiger partial charge in [-0.3, -0.25) is 0 Å². The second-order valence-electron chi connectivity index (χ2n) is 4.36. The molecule has 0 spiro atoms. The van der Waals surface area contributed by atoms with E-state index in [-0.39, 0.29) is 6.29 Å². The molecular weight excluding hydrogens is 230 g/mol. The van der Waals surface area contributed by atoms with Crippen LogP contribution in [0.25, 0.3) is 10.9 Å². The maximum atomic E-state index is 5.51. The lowest BCUT2D eigenvalue weighted by Gasteiger charge is -2.14. The highest BCUT2D eigenvalue weighted by Crippen LogP contribution is 2.32. The van der Waals surface area contributed by atoms with Crippen molar-refractivity contribution in [1.29, 1.82) is 0 Å². The normalized spacial score (nSPS) is 16.3. The molecular formula is C14H15NO3. The molecule has 2 heterocycles. The molecule has 94 valence electrons. The Morgan fingerprint density at radius 1 is 1.22 bits per heavy atom. The van der Waals surface area contributed by atoms with Gasteiger partial charge in [0.1, 0.15) is 0 Å². The molecule has 18 heavy (non-hydrogen) atoms. The molecule has 4 heteroatoms. The van der Waals surface area contributed by atoms with Gasteiger partial charge >= 0.3 is 0 Å². The Bertz CT molecular complexity index is 577. The molecule has 1 saturated heterocycles. The Morgan fingerprint density at radius 2 is 2.00 bits per heavy atom. The molecule has 0 atom stereocenters. The number of rotatable bonds is 2. The van der Waals surface area contributed by atoms with Gasteiger partial charge in [-0.1, -0.05) is 12.1 Å². The van der Waals surface area contributed by atoms with Crippen molar-refractivity contribution in [2.75, 3.05) is 20.3 Å². The molecule has 4 nitrogen and oxygen atoms in total. The summed E-state index contributed by atoms with van der Waals surface area (Å²) in [6.45, 7) is 3.27. The Balaban J connectivity index is 2.14. The number of hydrogen-bond donors (Lipinski definition) is 0. The van der Waals surface area contributed by atoms with E-state index in [9.17, 15) is 0 Å². The van der Waals surface area contributed by atoms with Gasteiger partial charge in [0, 0.05) is 5.39 Å². The molecule has 0 N–H and O–H groups in total. The van der Waals surface area contributed by atoms with Crippen molar-refractivity contribution < 1.29 is 14.2 Å². The van der Waals surface area contributed by atoms with E-state index in [0.29, 0.717) is 19.1 Å². The van der Waals surface area contributed by atoms with E-state index in [4.69, 9.17) is 14.2 Å². The van der Waals surface area contributed by atoms with Crippen LogP contribution in [0.5, 0.6) is 5.88 Å². The van der Waals surface area contributed by atoms with E-state index in [1.165, 1.54) is 5.56 Å². The van der Waals surface area contributed by atoms with Crippen LogP contribution >= 0.6 is 0 Å². The molecule has 1 aliphatic rings. The minimum absolute atomic E-state index is 0.363. The molecule has 0 aliphatic carbocycles. The minimum atomic E-state index is -0.363. The summed E-state index contributed by atoms with van der Waals surface area (Å²) in [4.78, 5) is 4.52. The van der Waals surface area contributed by atoms with Gasteiger partial charge in [0.15, 0.2) is 6.29 Å². The number of ether oxygens (including phenoxy) is 3. The van der Waals surface area contributed by atoms with E-state index >= 15 is 0 Å². The molecule has 0 radical (unpaired) electrons. The van der Waals surface area contributed by atoms with E-state index in [0.717, 1.165) is 16.5 Å². The number of aromatic nitrogens is 1. The van der Waals surface area contributed by atoms with E-state index in [1.54, 1.807) is 7.11 Å². The van der Waals surface area contributed by atoms with E-state index in [1.807, 2.05) is 19.1 Å². The highest BCUT2D eigenvalue weighted by molar-refractivity contribution is 5.80. The summed E-state index contributed by atoms with van der Waals surface area (Å²) in [5, 5.41) is 1.07. The Hall–Kier alpha value is -1.65. The van der Waals surface area contributed by atoms with Crippen LogP contribution in [-0.4, -0.2) is 25.3 Å². The molecule has 0 unspecified atom stereocenters. The zero-order valence-electron chi connectivity index (χ0n) is 10.5. The van der Waals surface area contributed by atoms with Crippen LogP contribution in [0.15, 0.2) is 24.3 Å². The number of aryl methyl sites for hydroxylation is 1. The number of benzene rings is 1. The maximum Gasteiger partial charge on any atom is 0.222 e. The smallest absolute Gasteiger partial charge is 0.222 e. The largest absolute Gasteiger partial charge is 0.481 e. The first-order valence-electron chi connectivity index (χ1n) is 5.96. The first-order valence-corrected chi connectivity index (χ1v) is 5.96. The van der Waals surface area contributed by atoms with Gasteiger partial charge in [-0.05, 0) is 24.6 Å². The summed E-state index contributed by atoms with van der Waals surface area (Å²) in [6.07, 6.45) is -0.363. The molecule has 3 rings (SSSR count). The topological polar surface area (TPSA) is 40.6 Å². The van der Waals surface area contributed by atoms with Gasteiger partial charge in [-0.2, -0.15) is 0 Å². The molecule has 0 saturated carbocycles. The fraction of sp³-hybridized carbons (Fsp3) is 0.357. The van der Waals surface area contributed by atoms with Gasteiger partial charge in [0.2, 0.25) is 5.88 Å². The molecule has 1 fully saturated rings. The Labute approximate surface area is 105 Å². The van der Waals surface area contributed by atoms with Gasteiger partial charge in [-0.15, -0.1) is 0 Å². The predicted octanol–water partition coefficient (Wildman–Crippen LogP) is 2.60. The molecule has 1 aromatic carbocycles. The number of hydrogen-bond acceptors (Lipinski definition) is 4. The lowest BCUT2D eigenvalue weighted by molar-refractivity contribution is -0.0457. The third kappa shape index (κ3) is 1.94. The van der Waals surface area contributed by atoms with Crippen LogP contribution in [-0.2, 0) is 9.47 Å². The highest BCUT2D eigenvalue weighted by Gasteiger charge is 2.23. The van der Waals surface area contributed by atoms with Crippen molar-refractivity contribution >= 4 is 10.9 Å². The molecule has 1 aromatic heterocycles. The zero-order valence-corrected chi connectivity index (χ0v) is 10.5. The van der Waals surface area contributed by atoms with Crippen LogP contribution in [0, 0.1) is 6.92 Å². The summed E-state index contributed by atoms with van der Waals surface area (Å²) in [6, 6.07) is 8.18. The van der Waals surface area contributed by atoms with Gasteiger partial charge in [0.05, 0.1) is 31.4 Å². The second kappa shape index (κ2) is 4.55. The van der Waals surface area contributed by atoms with Crippen LogP contribution in [0.4, 0.5) is 0 Å². The number of pyridine rings is 1. The summed E-state index contributed by atoms with van der Waals surface area (Å²) in [5.74, 6) is 0.569. The van der Waals surface area contributed by atoms with Crippen LogP contribution in [0.1, 0.15) is 17.4 Å². The first kappa shape index (κ1) is 11.4. The third-order valence-electron chi connectivity index (χ3n) is 3.03. The number of nitrogens with zero attached hydrogens (tertiary/aromatic N) is 1. The van der Waals surface area contributed by atoms with Crippen molar-refractivity contribution in [3.05, 3.63) is 35.4 Å². The van der Waals surface area contributed by atoms with Gasteiger partial charge in [0.25, 0.3) is 0 Å². The van der Waals surface area contributed by atoms with Crippen molar-refractivity contribution in [2.45, 2.75) is 13.2 Å². The number of methoxy groups -OCH3 is 1. The van der Waals surface area contributed by atoms with E-state index in [2.05, 4.69) is 17.1 Å². The summed E-state index contributed by atoms with van der Waals surface area (Å²) >= 11 is 0. The molecule has 2 aromatic rings. The zero-order chi connectivity index (χ0) is 12.5. The van der Waals surface area contributed by atoms with E-state index < -0.39 is 0 Å². The molecule has 0 amide bonds. The summed E-state index contributed by atoms with van der Waals surface area (Å²) in [7, 11) is 1.61. The van der Waals surface area contributed by atoms with Crippen LogP contribution in [0.2, 0.25) is 0 Å². The lowest BCUT2D eigenvalue weighted by Crippen LogP contribution is -2.03. The summed E-state index contributed by atoms with van der Waals surface area (Å²) in [5.41, 5.74) is 2.96. The van der Waals surface area contributed by atoms with Crippen molar-refractivity contribution in [3.8, 4) is 5.88 Å². The molecule has 1 aliphatic heterocycles. The standard InChI is InChI=1S/C14H15NO3/c1-9-3-4-10-8-11(14-17-5-6-18-14)13(16-2)15-12(10)7-9/h3-4,7-8,14H,5-6H2,1-2H3. The minimum Gasteiger partial charge on any atom is -0.481 e. The number of fused-ring (bicyclic) bond motifs is 1.